The normalized spacial score (nSPS) is 10.9. The lowest BCUT2D eigenvalue weighted by Crippen LogP contribution is -2.46. The van der Waals surface area contributed by atoms with E-state index in [1.165, 1.54) is 6.92 Å². The molecule has 0 aromatic heterocycles. The van der Waals surface area contributed by atoms with Gasteiger partial charge in [0.15, 0.2) is 13.2 Å². The standard InChI is InChI=1S/C16H19N3O5/c1-3-18-16(22)11(2)19-14(20)9-24-15(21)10-23-13-6-4-12(8-17)5-7-13/h4-7,11H,3,9-10H2,1-2H3,(H,18,22)(H,19,20)/t11-/m1/s1. The summed E-state index contributed by atoms with van der Waals surface area (Å²) in [4.78, 5) is 34.5. The molecule has 0 heterocycles. The predicted octanol–water partition coefficient (Wildman–Crippen LogP) is 0.121. The molecule has 24 heavy (non-hydrogen) atoms. The molecule has 2 N–H and O–H groups in total. The van der Waals surface area contributed by atoms with E-state index in [4.69, 9.17) is 14.7 Å². The molecule has 1 aromatic rings. The number of benzene rings is 1. The average molecular weight is 333 g/mol. The highest BCUT2D eigenvalue weighted by Gasteiger charge is 2.16. The van der Waals surface area contributed by atoms with Crippen molar-refractivity contribution < 1.29 is 23.9 Å². The summed E-state index contributed by atoms with van der Waals surface area (Å²) in [5.74, 6) is -1.22. The Morgan fingerprint density at radius 1 is 1.21 bits per heavy atom. The zero-order valence-corrected chi connectivity index (χ0v) is 13.5. The summed E-state index contributed by atoms with van der Waals surface area (Å²) in [6.45, 7) is 2.88. The Balaban J connectivity index is 2.28. The van der Waals surface area contributed by atoms with Crippen LogP contribution in [0.3, 0.4) is 0 Å². The zero-order chi connectivity index (χ0) is 17.9. The van der Waals surface area contributed by atoms with Gasteiger partial charge in [0.25, 0.3) is 5.91 Å². The maximum Gasteiger partial charge on any atom is 0.344 e. The maximum absolute atomic E-state index is 11.6. The molecule has 1 atom stereocenters. The van der Waals surface area contributed by atoms with Gasteiger partial charge in [-0.15, -0.1) is 0 Å². The summed E-state index contributed by atoms with van der Waals surface area (Å²) in [5.41, 5.74) is 0.475. The molecule has 8 heteroatoms. The minimum atomic E-state index is -0.722. The van der Waals surface area contributed by atoms with Crippen molar-refractivity contribution in [2.75, 3.05) is 19.8 Å². The van der Waals surface area contributed by atoms with Crippen molar-refractivity contribution >= 4 is 17.8 Å². The van der Waals surface area contributed by atoms with Crippen molar-refractivity contribution in [3.63, 3.8) is 0 Å². The number of rotatable bonds is 8. The van der Waals surface area contributed by atoms with Crippen LogP contribution in [0.15, 0.2) is 24.3 Å². The first-order valence-electron chi connectivity index (χ1n) is 7.32. The van der Waals surface area contributed by atoms with Crippen molar-refractivity contribution in [2.24, 2.45) is 0 Å². The highest BCUT2D eigenvalue weighted by molar-refractivity contribution is 5.88. The van der Waals surface area contributed by atoms with Gasteiger partial charge in [-0.25, -0.2) is 4.79 Å². The molecule has 0 spiro atoms. The summed E-state index contributed by atoms with van der Waals surface area (Å²) in [7, 11) is 0. The van der Waals surface area contributed by atoms with Crippen LogP contribution < -0.4 is 15.4 Å². The van der Waals surface area contributed by atoms with Crippen LogP contribution in [0.4, 0.5) is 0 Å². The van der Waals surface area contributed by atoms with Crippen LogP contribution in [0.2, 0.25) is 0 Å². The second-order valence-electron chi connectivity index (χ2n) is 4.77. The smallest absolute Gasteiger partial charge is 0.344 e. The number of esters is 1. The van der Waals surface area contributed by atoms with Crippen LogP contribution >= 0.6 is 0 Å². The predicted molar refractivity (Wildman–Crippen MR) is 83.9 cm³/mol. The summed E-state index contributed by atoms with van der Waals surface area (Å²) in [5, 5.41) is 13.6. The maximum atomic E-state index is 11.6. The Bertz CT molecular complexity index is 622. The highest BCUT2D eigenvalue weighted by atomic mass is 16.6. The molecule has 1 rings (SSSR count). The second-order valence-corrected chi connectivity index (χ2v) is 4.77. The first-order valence-corrected chi connectivity index (χ1v) is 7.32. The van der Waals surface area contributed by atoms with E-state index in [0.29, 0.717) is 17.9 Å². The number of carbonyl (C=O) groups is 3. The van der Waals surface area contributed by atoms with Gasteiger partial charge in [-0.05, 0) is 38.1 Å². The second kappa shape index (κ2) is 9.84. The molecule has 0 aliphatic heterocycles. The lowest BCUT2D eigenvalue weighted by atomic mass is 10.2. The Labute approximate surface area is 139 Å². The van der Waals surface area contributed by atoms with Crippen LogP contribution in [0.25, 0.3) is 0 Å². The fourth-order valence-corrected chi connectivity index (χ4v) is 1.63. The topological polar surface area (TPSA) is 118 Å². The summed E-state index contributed by atoms with van der Waals surface area (Å²) < 4.78 is 9.92. The quantitative estimate of drug-likeness (QED) is 0.653. The van der Waals surface area contributed by atoms with E-state index in [1.807, 2.05) is 6.07 Å². The monoisotopic (exact) mass is 333 g/mol. The van der Waals surface area contributed by atoms with Gasteiger partial charge in [-0.1, -0.05) is 0 Å². The van der Waals surface area contributed by atoms with Gasteiger partial charge in [0, 0.05) is 6.54 Å². The molecule has 0 saturated carbocycles. The van der Waals surface area contributed by atoms with E-state index in [1.54, 1.807) is 31.2 Å². The van der Waals surface area contributed by atoms with E-state index in [0.717, 1.165) is 0 Å². The van der Waals surface area contributed by atoms with Crippen molar-refractivity contribution in [1.29, 1.82) is 5.26 Å². The Morgan fingerprint density at radius 3 is 2.46 bits per heavy atom. The van der Waals surface area contributed by atoms with Crippen molar-refractivity contribution in [3.05, 3.63) is 29.8 Å². The minimum Gasteiger partial charge on any atom is -0.482 e. The number of nitrogens with one attached hydrogen (secondary N) is 2. The first kappa shape index (κ1) is 19.0. The number of hydrogen-bond acceptors (Lipinski definition) is 6. The van der Waals surface area contributed by atoms with Crippen LogP contribution in [0, 0.1) is 11.3 Å². The van der Waals surface area contributed by atoms with E-state index in [2.05, 4.69) is 10.6 Å². The van der Waals surface area contributed by atoms with Gasteiger partial charge in [0.2, 0.25) is 5.91 Å². The number of amides is 2. The fraction of sp³-hybridized carbons (Fsp3) is 0.375. The SMILES string of the molecule is CCNC(=O)[C@@H](C)NC(=O)COC(=O)COc1ccc(C#N)cc1. The highest BCUT2D eigenvalue weighted by Crippen LogP contribution is 2.11. The number of nitrogens with zero attached hydrogens (tertiary/aromatic N) is 1. The van der Waals surface area contributed by atoms with Gasteiger partial charge in [-0.2, -0.15) is 5.26 Å². The summed E-state index contributed by atoms with van der Waals surface area (Å²) >= 11 is 0. The first-order chi connectivity index (χ1) is 11.5. The molecule has 0 saturated heterocycles. The van der Waals surface area contributed by atoms with Gasteiger partial charge < -0.3 is 20.1 Å². The van der Waals surface area contributed by atoms with Crippen molar-refractivity contribution in [3.8, 4) is 11.8 Å². The summed E-state index contributed by atoms with van der Waals surface area (Å²) in [6, 6.07) is 7.45. The molecule has 0 radical (unpaired) electrons. The molecule has 8 nitrogen and oxygen atoms in total. The van der Waals surface area contributed by atoms with Crippen molar-refractivity contribution in [1.82, 2.24) is 10.6 Å². The van der Waals surface area contributed by atoms with Crippen LogP contribution in [-0.2, 0) is 19.1 Å². The van der Waals surface area contributed by atoms with E-state index in [-0.39, 0.29) is 12.5 Å². The molecule has 128 valence electrons. The minimum absolute atomic E-state index is 0.318. The number of likely N-dealkylation sites (N-methyl/N-ethyl adjacent to an activating group) is 1. The molecular formula is C16H19N3O5. The molecule has 2 amide bonds. The molecule has 0 aliphatic carbocycles. The van der Waals surface area contributed by atoms with Crippen LogP contribution in [-0.4, -0.2) is 43.6 Å². The lowest BCUT2D eigenvalue weighted by molar-refractivity contribution is -0.150. The number of nitriles is 1. The van der Waals surface area contributed by atoms with Gasteiger partial charge >= 0.3 is 5.97 Å². The van der Waals surface area contributed by atoms with E-state index < -0.39 is 24.5 Å². The Hall–Kier alpha value is -3.08. The molecule has 0 aliphatic rings. The third-order valence-corrected chi connectivity index (χ3v) is 2.83. The summed E-state index contributed by atoms with van der Waals surface area (Å²) in [6.07, 6.45) is 0. The third-order valence-electron chi connectivity index (χ3n) is 2.83. The molecule has 0 fully saturated rings. The van der Waals surface area contributed by atoms with E-state index >= 15 is 0 Å². The Morgan fingerprint density at radius 2 is 1.88 bits per heavy atom. The van der Waals surface area contributed by atoms with Crippen molar-refractivity contribution in [2.45, 2.75) is 19.9 Å². The zero-order valence-electron chi connectivity index (χ0n) is 13.5. The van der Waals surface area contributed by atoms with Crippen LogP contribution in [0.5, 0.6) is 5.75 Å². The Kier molecular flexibility index (Phi) is 7.78. The average Bonchev–Trinajstić information content (AvgIpc) is 2.58. The van der Waals surface area contributed by atoms with Gasteiger partial charge in [0.1, 0.15) is 11.8 Å². The van der Waals surface area contributed by atoms with Crippen LogP contribution in [0.1, 0.15) is 19.4 Å². The van der Waals surface area contributed by atoms with Gasteiger partial charge in [0.05, 0.1) is 11.6 Å². The lowest BCUT2D eigenvalue weighted by Gasteiger charge is -2.13. The third kappa shape index (κ3) is 6.79. The fourth-order valence-electron chi connectivity index (χ4n) is 1.63. The number of ether oxygens (including phenoxy) is 2. The van der Waals surface area contributed by atoms with Gasteiger partial charge in [-0.3, -0.25) is 9.59 Å². The van der Waals surface area contributed by atoms with E-state index in [9.17, 15) is 14.4 Å². The molecule has 0 bridgehead atoms. The molecule has 0 unspecified atom stereocenters. The number of hydrogen-bond donors (Lipinski definition) is 2. The largest absolute Gasteiger partial charge is 0.482 e. The molecule has 1 aromatic carbocycles. The number of carbonyl (C=O) groups excluding carboxylic acids is 3. The molecular weight excluding hydrogens is 314 g/mol.